The Hall–Kier alpha value is -1.03. The minimum atomic E-state index is 0.168. The molecule has 1 aromatic heterocycles. The highest BCUT2D eigenvalue weighted by atomic mass is 35.5. The summed E-state index contributed by atoms with van der Waals surface area (Å²) < 4.78 is 4.47. The molecule has 0 saturated heterocycles. The third-order valence-electron chi connectivity index (χ3n) is 1.99. The minimum Gasteiger partial charge on any atom is -0.452 e. The zero-order valence-corrected chi connectivity index (χ0v) is 10.7. The summed E-state index contributed by atoms with van der Waals surface area (Å²) in [6, 6.07) is 5.42. The molecule has 0 bridgehead atoms. The minimum absolute atomic E-state index is 0.168. The number of benzene rings is 1. The van der Waals surface area contributed by atoms with E-state index in [1.165, 1.54) is 12.7 Å². The van der Waals surface area contributed by atoms with Crippen LogP contribution in [0.4, 0.5) is 0 Å². The molecule has 0 amide bonds. The standard InChI is InChI=1S/C9H10Cl2O.C3H3NO/c10-8-4-1-5-9(11)7(8)3-2-6-12;1-2-5-3-4-1/h1,4-5,12H,2-3,6H2;1-3H. The predicted molar refractivity (Wildman–Crippen MR) is 68.4 cm³/mol. The molecule has 0 aliphatic heterocycles. The number of hydrogen-bond donors (Lipinski definition) is 1. The second-order valence-electron chi connectivity index (χ2n) is 3.20. The Bertz CT molecular complexity index is 381. The van der Waals surface area contributed by atoms with Crippen LogP contribution in [-0.4, -0.2) is 16.7 Å². The van der Waals surface area contributed by atoms with E-state index in [9.17, 15) is 0 Å². The summed E-state index contributed by atoms with van der Waals surface area (Å²) in [6.07, 6.45) is 5.90. The molecular weight excluding hydrogens is 261 g/mol. The van der Waals surface area contributed by atoms with Crippen LogP contribution < -0.4 is 0 Å². The molecular formula is C12H13Cl2NO2. The number of aliphatic hydroxyl groups excluding tert-OH is 1. The van der Waals surface area contributed by atoms with E-state index in [0.29, 0.717) is 16.5 Å². The van der Waals surface area contributed by atoms with E-state index in [1.54, 1.807) is 18.3 Å². The number of hydrogen-bond acceptors (Lipinski definition) is 3. The van der Waals surface area contributed by atoms with Gasteiger partial charge in [0.15, 0.2) is 6.39 Å². The lowest BCUT2D eigenvalue weighted by atomic mass is 10.1. The van der Waals surface area contributed by atoms with Crippen molar-refractivity contribution in [3.05, 3.63) is 52.7 Å². The van der Waals surface area contributed by atoms with Crippen LogP contribution in [0.1, 0.15) is 12.0 Å². The van der Waals surface area contributed by atoms with E-state index in [-0.39, 0.29) is 6.61 Å². The van der Waals surface area contributed by atoms with Crippen molar-refractivity contribution in [1.82, 2.24) is 4.98 Å². The largest absolute Gasteiger partial charge is 0.452 e. The Kier molecular flexibility index (Phi) is 6.70. The van der Waals surface area contributed by atoms with Crippen LogP contribution in [0.5, 0.6) is 0 Å². The van der Waals surface area contributed by atoms with E-state index in [0.717, 1.165) is 12.0 Å². The Balaban J connectivity index is 0.000000239. The highest BCUT2D eigenvalue weighted by Crippen LogP contribution is 2.25. The van der Waals surface area contributed by atoms with E-state index in [1.807, 2.05) is 6.07 Å². The SMILES string of the molecule is OCCCc1c(Cl)cccc1Cl.c1cocn1. The van der Waals surface area contributed by atoms with Crippen LogP contribution in [0.2, 0.25) is 10.0 Å². The van der Waals surface area contributed by atoms with Crippen molar-refractivity contribution in [3.63, 3.8) is 0 Å². The van der Waals surface area contributed by atoms with Gasteiger partial charge in [-0.2, -0.15) is 0 Å². The van der Waals surface area contributed by atoms with E-state index in [2.05, 4.69) is 9.40 Å². The second-order valence-corrected chi connectivity index (χ2v) is 4.02. The number of nitrogens with zero attached hydrogens (tertiary/aromatic N) is 1. The highest BCUT2D eigenvalue weighted by Gasteiger charge is 2.03. The molecule has 17 heavy (non-hydrogen) atoms. The van der Waals surface area contributed by atoms with Gasteiger partial charge in [-0.05, 0) is 30.5 Å². The Morgan fingerprint density at radius 3 is 2.35 bits per heavy atom. The van der Waals surface area contributed by atoms with Crippen LogP contribution in [-0.2, 0) is 6.42 Å². The van der Waals surface area contributed by atoms with Gasteiger partial charge in [0.1, 0.15) is 6.26 Å². The first-order valence-corrected chi connectivity index (χ1v) is 5.87. The van der Waals surface area contributed by atoms with E-state index >= 15 is 0 Å². The average Bonchev–Trinajstić information content (AvgIpc) is 2.87. The maximum absolute atomic E-state index is 8.62. The first kappa shape index (κ1) is 14.0. The van der Waals surface area contributed by atoms with Crippen molar-refractivity contribution in [3.8, 4) is 0 Å². The average molecular weight is 274 g/mol. The number of rotatable bonds is 3. The zero-order valence-electron chi connectivity index (χ0n) is 9.14. The number of oxazole rings is 1. The second kappa shape index (κ2) is 8.12. The van der Waals surface area contributed by atoms with Gasteiger partial charge in [0.05, 0.1) is 6.20 Å². The predicted octanol–water partition coefficient (Wildman–Crippen LogP) is 3.59. The molecule has 1 N–H and O–H groups in total. The van der Waals surface area contributed by atoms with Crippen molar-refractivity contribution in [2.45, 2.75) is 12.8 Å². The monoisotopic (exact) mass is 273 g/mol. The molecule has 0 spiro atoms. The first-order valence-electron chi connectivity index (χ1n) is 5.11. The summed E-state index contributed by atoms with van der Waals surface area (Å²) in [5.74, 6) is 0. The lowest BCUT2D eigenvalue weighted by molar-refractivity contribution is 0.288. The Morgan fingerprint density at radius 2 is 1.94 bits per heavy atom. The molecule has 0 unspecified atom stereocenters. The molecule has 0 saturated carbocycles. The number of aliphatic hydroxyl groups is 1. The molecule has 1 aromatic carbocycles. The van der Waals surface area contributed by atoms with Crippen LogP contribution in [0.15, 0.2) is 41.5 Å². The van der Waals surface area contributed by atoms with Crippen molar-refractivity contribution in [2.24, 2.45) is 0 Å². The van der Waals surface area contributed by atoms with Gasteiger partial charge < -0.3 is 9.52 Å². The molecule has 0 radical (unpaired) electrons. The van der Waals surface area contributed by atoms with Gasteiger partial charge in [0.2, 0.25) is 0 Å². The van der Waals surface area contributed by atoms with E-state index in [4.69, 9.17) is 28.3 Å². The van der Waals surface area contributed by atoms with Gasteiger partial charge in [-0.15, -0.1) is 0 Å². The van der Waals surface area contributed by atoms with Crippen LogP contribution in [0.3, 0.4) is 0 Å². The van der Waals surface area contributed by atoms with Gasteiger partial charge in [-0.1, -0.05) is 29.3 Å². The number of halogens is 2. The summed E-state index contributed by atoms with van der Waals surface area (Å²) >= 11 is 11.8. The molecule has 5 heteroatoms. The smallest absolute Gasteiger partial charge is 0.180 e. The van der Waals surface area contributed by atoms with Crippen molar-refractivity contribution < 1.29 is 9.52 Å². The molecule has 92 valence electrons. The summed E-state index contributed by atoms with van der Waals surface area (Å²) in [5, 5.41) is 9.98. The fraction of sp³-hybridized carbons (Fsp3) is 0.250. The molecule has 2 aromatic rings. The lowest BCUT2D eigenvalue weighted by Gasteiger charge is -2.04. The maximum atomic E-state index is 8.62. The van der Waals surface area contributed by atoms with Gasteiger partial charge in [0, 0.05) is 16.7 Å². The number of aromatic nitrogens is 1. The first-order chi connectivity index (χ1) is 8.25. The van der Waals surface area contributed by atoms with Crippen LogP contribution in [0, 0.1) is 0 Å². The van der Waals surface area contributed by atoms with Gasteiger partial charge in [-0.3, -0.25) is 0 Å². The molecule has 1 heterocycles. The summed E-state index contributed by atoms with van der Waals surface area (Å²) in [6.45, 7) is 0.168. The third kappa shape index (κ3) is 5.22. The third-order valence-corrected chi connectivity index (χ3v) is 2.70. The topological polar surface area (TPSA) is 46.3 Å². The zero-order chi connectivity index (χ0) is 12.5. The van der Waals surface area contributed by atoms with Crippen LogP contribution in [0.25, 0.3) is 0 Å². The fourth-order valence-corrected chi connectivity index (χ4v) is 1.79. The molecule has 0 aliphatic carbocycles. The van der Waals surface area contributed by atoms with Gasteiger partial charge >= 0.3 is 0 Å². The highest BCUT2D eigenvalue weighted by molar-refractivity contribution is 6.35. The Morgan fingerprint density at radius 1 is 1.24 bits per heavy atom. The lowest BCUT2D eigenvalue weighted by Crippen LogP contribution is -1.91. The summed E-state index contributed by atoms with van der Waals surface area (Å²) in [4.78, 5) is 3.56. The van der Waals surface area contributed by atoms with Crippen molar-refractivity contribution in [1.29, 1.82) is 0 Å². The van der Waals surface area contributed by atoms with Crippen molar-refractivity contribution in [2.75, 3.05) is 6.61 Å². The van der Waals surface area contributed by atoms with E-state index < -0.39 is 0 Å². The normalized spacial score (nSPS) is 9.59. The molecule has 0 fully saturated rings. The molecule has 0 aliphatic rings. The summed E-state index contributed by atoms with van der Waals surface area (Å²) in [5.41, 5.74) is 0.926. The Labute approximate surface area is 110 Å². The van der Waals surface area contributed by atoms with Crippen LogP contribution >= 0.6 is 23.2 Å². The molecule has 0 atom stereocenters. The maximum Gasteiger partial charge on any atom is 0.180 e. The van der Waals surface area contributed by atoms with Crippen molar-refractivity contribution >= 4 is 23.2 Å². The van der Waals surface area contributed by atoms with Gasteiger partial charge in [0.25, 0.3) is 0 Å². The molecule has 3 nitrogen and oxygen atoms in total. The quantitative estimate of drug-likeness (QED) is 0.930. The molecule has 2 rings (SSSR count). The summed E-state index contributed by atoms with van der Waals surface area (Å²) in [7, 11) is 0. The van der Waals surface area contributed by atoms with Gasteiger partial charge in [-0.25, -0.2) is 4.98 Å². The fourth-order valence-electron chi connectivity index (χ4n) is 1.20.